The number of H-pyrrole nitrogens is 1. The van der Waals surface area contributed by atoms with Gasteiger partial charge in [0.2, 0.25) is 17.7 Å². The molecule has 3 rings (SSSR count). The van der Waals surface area contributed by atoms with E-state index in [2.05, 4.69) is 20.9 Å². The number of aliphatic carboxylic acids is 1. The maximum absolute atomic E-state index is 14.1. The Balaban J connectivity index is 1.80. The fourth-order valence-corrected chi connectivity index (χ4v) is 7.43. The number of amides is 4. The molecule has 1 aromatic carbocycles. The predicted molar refractivity (Wildman–Crippen MR) is 181 cm³/mol. The number of hydrogen-bond donors (Lipinski definition) is 5. The molecule has 1 aromatic heterocycles. The molecule has 0 radical (unpaired) electrons. The van der Waals surface area contributed by atoms with Crippen molar-refractivity contribution in [3.05, 3.63) is 36.0 Å². The third kappa shape index (κ3) is 10.6. The Hall–Kier alpha value is -3.72. The van der Waals surface area contributed by atoms with E-state index in [0.717, 1.165) is 16.5 Å². The molecular weight excluding hydrogens is 647 g/mol. The largest absolute Gasteiger partial charge is 0.480 e. The molecular formula is C32H45N5O8S2. The molecule has 47 heavy (non-hydrogen) atoms. The van der Waals surface area contributed by atoms with Crippen molar-refractivity contribution in [2.75, 3.05) is 12.3 Å². The number of aromatic amines is 1. The van der Waals surface area contributed by atoms with E-state index < -0.39 is 65.3 Å². The lowest BCUT2D eigenvalue weighted by molar-refractivity contribution is -0.171. The normalized spacial score (nSPS) is 17.0. The number of ether oxygens (including phenoxy) is 1. The van der Waals surface area contributed by atoms with E-state index >= 15 is 0 Å². The number of benzene rings is 1. The van der Waals surface area contributed by atoms with Crippen molar-refractivity contribution in [1.29, 1.82) is 0 Å². The molecule has 4 atom stereocenters. The quantitative estimate of drug-likeness (QED) is 0.146. The molecule has 3 unspecified atom stereocenters. The zero-order valence-corrected chi connectivity index (χ0v) is 29.4. The summed E-state index contributed by atoms with van der Waals surface area (Å²) in [5, 5.41) is 17.9. The minimum atomic E-state index is -1.71. The average molecular weight is 692 g/mol. The molecule has 258 valence electrons. The number of hydrogen-bond acceptors (Lipinski definition) is 9. The van der Waals surface area contributed by atoms with Crippen molar-refractivity contribution in [3.63, 3.8) is 0 Å². The van der Waals surface area contributed by atoms with E-state index in [4.69, 9.17) is 9.84 Å². The van der Waals surface area contributed by atoms with E-state index in [-0.39, 0.29) is 29.9 Å². The predicted octanol–water partition coefficient (Wildman–Crippen LogP) is 2.78. The molecule has 0 aliphatic carbocycles. The maximum atomic E-state index is 14.1. The molecule has 0 saturated carbocycles. The molecule has 2 heterocycles. The summed E-state index contributed by atoms with van der Waals surface area (Å²) >= 11 is 0. The topological polar surface area (TPSA) is 187 Å². The smallest absolute Gasteiger partial charge is 0.329 e. The van der Waals surface area contributed by atoms with Crippen LogP contribution in [0.2, 0.25) is 0 Å². The summed E-state index contributed by atoms with van der Waals surface area (Å²) < 4.78 is 5.38. The number of carboxylic acids is 1. The third-order valence-electron chi connectivity index (χ3n) is 7.38. The number of carbonyl (C=O) groups excluding carboxylic acids is 5. The molecule has 4 amide bonds. The van der Waals surface area contributed by atoms with E-state index in [0.29, 0.717) is 6.42 Å². The molecule has 5 N–H and O–H groups in total. The van der Waals surface area contributed by atoms with Crippen LogP contribution in [0.3, 0.4) is 0 Å². The maximum Gasteiger partial charge on any atom is 0.329 e. The zero-order chi connectivity index (χ0) is 35.1. The number of rotatable bonds is 14. The van der Waals surface area contributed by atoms with Crippen LogP contribution in [0, 0.1) is 0 Å². The summed E-state index contributed by atoms with van der Waals surface area (Å²) in [5.74, 6) is -4.11. The summed E-state index contributed by atoms with van der Waals surface area (Å²) in [5.41, 5.74) is -0.00206. The summed E-state index contributed by atoms with van der Waals surface area (Å²) in [4.78, 5) is 81.7. The lowest BCUT2D eigenvalue weighted by Crippen LogP contribution is -2.57. The number of carbonyl (C=O) groups is 6. The van der Waals surface area contributed by atoms with Gasteiger partial charge in [0, 0.05) is 47.5 Å². The van der Waals surface area contributed by atoms with Crippen LogP contribution in [0.1, 0.15) is 66.9 Å². The van der Waals surface area contributed by atoms with Crippen LogP contribution in [0.25, 0.3) is 10.9 Å². The highest BCUT2D eigenvalue weighted by molar-refractivity contribution is 8.77. The van der Waals surface area contributed by atoms with Gasteiger partial charge in [0.05, 0.1) is 0 Å². The molecule has 13 nitrogen and oxygen atoms in total. The van der Waals surface area contributed by atoms with Crippen LogP contribution in [-0.2, 0) is 39.9 Å². The Morgan fingerprint density at radius 2 is 1.72 bits per heavy atom. The van der Waals surface area contributed by atoms with Gasteiger partial charge in [-0.3, -0.25) is 24.0 Å². The van der Waals surface area contributed by atoms with Crippen molar-refractivity contribution in [2.24, 2.45) is 0 Å². The van der Waals surface area contributed by atoms with Crippen LogP contribution in [0.15, 0.2) is 30.5 Å². The van der Waals surface area contributed by atoms with Crippen molar-refractivity contribution in [1.82, 2.24) is 25.8 Å². The first kappa shape index (κ1) is 37.7. The molecule has 0 bridgehead atoms. The first-order valence-electron chi connectivity index (χ1n) is 15.4. The monoisotopic (exact) mass is 691 g/mol. The van der Waals surface area contributed by atoms with Gasteiger partial charge in [0.25, 0.3) is 5.91 Å². The number of nitrogens with zero attached hydrogens (tertiary/aromatic N) is 1. The summed E-state index contributed by atoms with van der Waals surface area (Å²) in [6, 6.07) is 3.37. The van der Waals surface area contributed by atoms with E-state index in [1.54, 1.807) is 17.0 Å². The molecule has 1 saturated heterocycles. The fourth-order valence-electron chi connectivity index (χ4n) is 4.97. The molecule has 2 aromatic rings. The van der Waals surface area contributed by atoms with Gasteiger partial charge >= 0.3 is 11.9 Å². The Kier molecular flexibility index (Phi) is 12.8. The summed E-state index contributed by atoms with van der Waals surface area (Å²) in [6.45, 7) is 11.6. The highest BCUT2D eigenvalue weighted by Gasteiger charge is 2.43. The first-order chi connectivity index (χ1) is 21.9. The molecule has 1 aliphatic rings. The molecule has 1 aliphatic heterocycles. The van der Waals surface area contributed by atoms with Gasteiger partial charge in [-0.15, -0.1) is 0 Å². The standard InChI is InChI=1S/C32H45N5O8S2/c1-18(28(41)42)34-30(44)32(6,7)45-29(43)25-13-10-14-37(25)27(40)24(17-46-47-31(3,4)5)36-26(39)23(35-19(2)38)15-20-16-33-22-12-9-8-11-21(20)22/h8-9,11-12,16,18,23-25,33H,10,13-15,17H2,1-7H3,(H,34,44)(H,35,38)(H,36,39)(H,41,42)/t18?,23?,24?,25-/m0/s1. The van der Waals surface area contributed by atoms with Gasteiger partial charge in [-0.25, -0.2) is 4.79 Å². The molecule has 1 fully saturated rings. The van der Waals surface area contributed by atoms with Gasteiger partial charge in [0.15, 0.2) is 5.60 Å². The van der Waals surface area contributed by atoms with E-state index in [9.17, 15) is 28.8 Å². The van der Waals surface area contributed by atoms with Gasteiger partial charge in [-0.2, -0.15) is 0 Å². The minimum absolute atomic E-state index is 0.138. The number of fused-ring (bicyclic) bond motifs is 1. The number of likely N-dealkylation sites (tertiary alicyclic amines) is 1. The Bertz CT molecular complexity index is 1490. The number of esters is 1. The number of para-hydroxylation sites is 1. The van der Waals surface area contributed by atoms with Crippen LogP contribution < -0.4 is 16.0 Å². The van der Waals surface area contributed by atoms with Crippen molar-refractivity contribution in [3.8, 4) is 0 Å². The number of nitrogens with one attached hydrogen (secondary N) is 4. The second-order valence-electron chi connectivity index (χ2n) is 13.0. The Labute approximate surface area is 282 Å². The lowest BCUT2D eigenvalue weighted by atomic mass is 10.0. The van der Waals surface area contributed by atoms with Gasteiger partial charge in [-0.05, 0) is 45.2 Å². The van der Waals surface area contributed by atoms with Crippen LogP contribution in [-0.4, -0.2) is 97.4 Å². The Morgan fingerprint density at radius 3 is 2.36 bits per heavy atom. The van der Waals surface area contributed by atoms with Crippen molar-refractivity contribution in [2.45, 2.75) is 102 Å². The van der Waals surface area contributed by atoms with Crippen molar-refractivity contribution < 1.29 is 38.6 Å². The summed E-state index contributed by atoms with van der Waals surface area (Å²) in [6.07, 6.45) is 2.74. The van der Waals surface area contributed by atoms with Crippen LogP contribution in [0.4, 0.5) is 0 Å². The van der Waals surface area contributed by atoms with Crippen LogP contribution in [0.5, 0.6) is 0 Å². The van der Waals surface area contributed by atoms with Gasteiger partial charge in [-0.1, -0.05) is 60.6 Å². The SMILES string of the molecule is CC(=O)NC(Cc1c[nH]c2ccccc12)C(=O)NC(CSSC(C)(C)C)C(=O)N1CCC[C@H]1C(=O)OC(C)(C)C(=O)NC(C)C(=O)O. The van der Waals surface area contributed by atoms with Crippen LogP contribution >= 0.6 is 21.6 Å². The van der Waals surface area contributed by atoms with Gasteiger partial charge < -0.3 is 35.7 Å². The first-order valence-corrected chi connectivity index (χ1v) is 17.7. The fraction of sp³-hybridized carbons (Fsp3) is 0.562. The van der Waals surface area contributed by atoms with Gasteiger partial charge in [0.1, 0.15) is 24.2 Å². The van der Waals surface area contributed by atoms with E-state index in [1.807, 2.05) is 45.0 Å². The molecule has 0 spiro atoms. The Morgan fingerprint density at radius 1 is 1.04 bits per heavy atom. The highest BCUT2D eigenvalue weighted by Crippen LogP contribution is 2.36. The summed E-state index contributed by atoms with van der Waals surface area (Å²) in [7, 11) is 2.95. The number of carboxylic acid groups (broad SMARTS) is 1. The van der Waals surface area contributed by atoms with Crippen molar-refractivity contribution >= 4 is 68.1 Å². The lowest BCUT2D eigenvalue weighted by Gasteiger charge is -2.32. The second-order valence-corrected chi connectivity index (χ2v) is 16.2. The number of aromatic nitrogens is 1. The molecule has 15 heteroatoms. The average Bonchev–Trinajstić information content (AvgIpc) is 3.62. The van der Waals surface area contributed by atoms with E-state index in [1.165, 1.54) is 43.4 Å². The zero-order valence-electron chi connectivity index (χ0n) is 27.8. The minimum Gasteiger partial charge on any atom is -0.480 e. The third-order valence-corrected chi connectivity index (χ3v) is 10.7. The highest BCUT2D eigenvalue weighted by atomic mass is 33.1. The second kappa shape index (κ2) is 15.9.